The number of nitrogens with one attached hydrogen (secondary N) is 1. The van der Waals surface area contributed by atoms with Crippen LogP contribution in [-0.2, 0) is 4.79 Å². The average Bonchev–Trinajstić information content (AvgIpc) is 2.94. The lowest BCUT2D eigenvalue weighted by molar-refractivity contribution is -0.124. The molecule has 106 valence electrons. The monoisotopic (exact) mass is 282 g/mol. The maximum Gasteiger partial charge on any atom is 0.267 e. The summed E-state index contributed by atoms with van der Waals surface area (Å²) < 4.78 is -0.868. The molecule has 2 aliphatic carbocycles. The van der Waals surface area contributed by atoms with Gasteiger partial charge >= 0.3 is 0 Å². The van der Waals surface area contributed by atoms with Gasteiger partial charge in [0.15, 0.2) is 5.17 Å². The van der Waals surface area contributed by atoms with E-state index < -0.39 is 10.3 Å². The summed E-state index contributed by atoms with van der Waals surface area (Å²) in [4.78, 5) is 16.2. The lowest BCUT2D eigenvalue weighted by Gasteiger charge is -2.33. The molecule has 0 radical (unpaired) electrons. The van der Waals surface area contributed by atoms with Crippen molar-refractivity contribution in [1.29, 1.82) is 0 Å². The van der Waals surface area contributed by atoms with Crippen molar-refractivity contribution < 1.29 is 9.90 Å². The minimum atomic E-state index is -1.07. The van der Waals surface area contributed by atoms with Crippen molar-refractivity contribution in [3.8, 4) is 0 Å². The van der Waals surface area contributed by atoms with Crippen LogP contribution in [0.15, 0.2) is 4.99 Å². The fourth-order valence-corrected chi connectivity index (χ4v) is 4.60. The van der Waals surface area contributed by atoms with Crippen LogP contribution in [0, 0.1) is 11.8 Å². The lowest BCUT2D eigenvalue weighted by Crippen LogP contribution is -2.49. The van der Waals surface area contributed by atoms with E-state index in [1.54, 1.807) is 20.8 Å². The molecule has 4 atom stereocenters. The van der Waals surface area contributed by atoms with E-state index in [1.807, 2.05) is 0 Å². The molecule has 2 fully saturated rings. The standard InChI is InChI=1S/C14H22N2O2S/c1-13(2,18)14(3)11(17)16-12(19-14)15-10-7-8-4-5-9(10)6-8/h8-10,18H,4-7H2,1-3H3,(H,15,16,17)/t8-,9+,10+,14-/m1/s1. The van der Waals surface area contributed by atoms with E-state index >= 15 is 0 Å². The second-order valence-electron chi connectivity index (χ2n) is 6.84. The molecule has 0 unspecified atom stereocenters. The van der Waals surface area contributed by atoms with Gasteiger partial charge in [0.25, 0.3) is 5.91 Å². The van der Waals surface area contributed by atoms with Gasteiger partial charge in [-0.25, -0.2) is 0 Å². The number of rotatable bonds is 2. The molecule has 1 amide bonds. The van der Waals surface area contributed by atoms with Gasteiger partial charge < -0.3 is 10.4 Å². The molecule has 2 N–H and O–H groups in total. The Labute approximate surface area is 118 Å². The molecule has 4 nitrogen and oxygen atoms in total. The van der Waals surface area contributed by atoms with Crippen molar-refractivity contribution in [1.82, 2.24) is 5.32 Å². The van der Waals surface area contributed by atoms with Gasteiger partial charge in [-0.3, -0.25) is 4.79 Å². The number of hydrogen-bond acceptors (Lipinski definition) is 4. The first-order valence-corrected chi connectivity index (χ1v) is 7.92. The molecule has 0 spiro atoms. The Morgan fingerprint density at radius 3 is 2.63 bits per heavy atom. The number of aliphatic hydroxyl groups is 1. The van der Waals surface area contributed by atoms with Crippen LogP contribution in [0.4, 0.5) is 0 Å². The molecule has 0 aromatic rings. The second-order valence-corrected chi connectivity index (χ2v) is 8.25. The average molecular weight is 282 g/mol. The van der Waals surface area contributed by atoms with E-state index in [4.69, 9.17) is 0 Å². The number of fused-ring (bicyclic) bond motifs is 2. The SMILES string of the molecule is CC(C)(O)[C@]1(C)SC(N[C@H]2C[C@@H]3CC[C@H]2C3)=NC1=O. The fraction of sp³-hybridized carbons (Fsp3) is 0.857. The molecule has 2 bridgehead atoms. The number of amides is 1. The van der Waals surface area contributed by atoms with Crippen LogP contribution < -0.4 is 5.32 Å². The van der Waals surface area contributed by atoms with Gasteiger partial charge in [-0.2, -0.15) is 4.99 Å². The van der Waals surface area contributed by atoms with Gasteiger partial charge in [0, 0.05) is 6.04 Å². The minimum absolute atomic E-state index is 0.226. The van der Waals surface area contributed by atoms with Crippen LogP contribution in [0.3, 0.4) is 0 Å². The number of aliphatic imine (C=N–C) groups is 1. The van der Waals surface area contributed by atoms with Crippen molar-refractivity contribution in [2.24, 2.45) is 16.8 Å². The first-order valence-electron chi connectivity index (χ1n) is 7.10. The maximum atomic E-state index is 12.1. The zero-order valence-corrected chi connectivity index (χ0v) is 12.6. The third-order valence-electron chi connectivity index (χ3n) is 5.13. The van der Waals surface area contributed by atoms with Crippen molar-refractivity contribution in [2.75, 3.05) is 0 Å². The molecule has 3 rings (SSSR count). The predicted octanol–water partition coefficient (Wildman–Crippen LogP) is 1.92. The lowest BCUT2D eigenvalue weighted by atomic mass is 9.91. The van der Waals surface area contributed by atoms with Crippen LogP contribution in [0.25, 0.3) is 0 Å². The predicted molar refractivity (Wildman–Crippen MR) is 77.1 cm³/mol. The van der Waals surface area contributed by atoms with Gasteiger partial charge in [-0.05, 0) is 51.9 Å². The van der Waals surface area contributed by atoms with Gasteiger partial charge in [-0.15, -0.1) is 0 Å². The first-order chi connectivity index (χ1) is 8.79. The van der Waals surface area contributed by atoms with Gasteiger partial charge in [0.05, 0.1) is 5.60 Å². The third-order valence-corrected chi connectivity index (χ3v) is 6.61. The second kappa shape index (κ2) is 4.22. The summed E-state index contributed by atoms with van der Waals surface area (Å²) in [5.41, 5.74) is -1.07. The third kappa shape index (κ3) is 2.11. The smallest absolute Gasteiger partial charge is 0.267 e. The van der Waals surface area contributed by atoms with Crippen LogP contribution in [0.1, 0.15) is 46.5 Å². The fourth-order valence-electron chi connectivity index (χ4n) is 3.49. The van der Waals surface area contributed by atoms with E-state index in [0.717, 1.165) is 11.8 Å². The van der Waals surface area contributed by atoms with E-state index in [-0.39, 0.29) is 5.91 Å². The number of carbonyl (C=O) groups is 1. The normalized spacial score (nSPS) is 41.8. The molecule has 1 aliphatic heterocycles. The summed E-state index contributed by atoms with van der Waals surface area (Å²) in [6, 6.07) is 0.474. The Balaban J connectivity index is 1.68. The Kier molecular flexibility index (Phi) is 2.98. The summed E-state index contributed by atoms with van der Waals surface area (Å²) in [6.45, 7) is 5.13. The molecule has 1 heterocycles. The Hall–Kier alpha value is -0.550. The van der Waals surface area contributed by atoms with Crippen LogP contribution >= 0.6 is 11.8 Å². The van der Waals surface area contributed by atoms with Crippen LogP contribution in [0.5, 0.6) is 0 Å². The van der Waals surface area contributed by atoms with Gasteiger partial charge in [-0.1, -0.05) is 18.2 Å². The molecule has 19 heavy (non-hydrogen) atoms. The molecule has 3 aliphatic rings. The Morgan fingerprint density at radius 1 is 1.42 bits per heavy atom. The van der Waals surface area contributed by atoms with E-state index in [9.17, 15) is 9.90 Å². The summed E-state index contributed by atoms with van der Waals surface area (Å²) in [7, 11) is 0. The molecular weight excluding hydrogens is 260 g/mol. The maximum absolute atomic E-state index is 12.1. The molecule has 2 saturated carbocycles. The quantitative estimate of drug-likeness (QED) is 0.812. The van der Waals surface area contributed by atoms with Crippen molar-refractivity contribution >= 4 is 22.8 Å². The Bertz CT molecular complexity index is 443. The highest BCUT2D eigenvalue weighted by Crippen LogP contribution is 2.46. The summed E-state index contributed by atoms with van der Waals surface area (Å²) >= 11 is 1.38. The van der Waals surface area contributed by atoms with E-state index in [2.05, 4.69) is 10.3 Å². The number of hydrogen-bond donors (Lipinski definition) is 2. The molecular formula is C14H22N2O2S. The zero-order valence-electron chi connectivity index (χ0n) is 11.8. The number of carbonyl (C=O) groups excluding carboxylic acids is 1. The van der Waals surface area contributed by atoms with Gasteiger partial charge in [0.1, 0.15) is 4.75 Å². The molecule has 0 aromatic carbocycles. The molecule has 0 aromatic heterocycles. The van der Waals surface area contributed by atoms with E-state index in [0.29, 0.717) is 11.2 Å². The largest absolute Gasteiger partial charge is 0.388 e. The number of nitrogens with zero attached hydrogens (tertiary/aromatic N) is 1. The van der Waals surface area contributed by atoms with Crippen LogP contribution in [-0.4, -0.2) is 32.6 Å². The van der Waals surface area contributed by atoms with Crippen molar-refractivity contribution in [3.63, 3.8) is 0 Å². The zero-order chi connectivity index (χ0) is 13.8. The molecule has 5 heteroatoms. The van der Waals surface area contributed by atoms with Crippen molar-refractivity contribution in [3.05, 3.63) is 0 Å². The summed E-state index contributed by atoms with van der Waals surface area (Å²) in [5, 5.41) is 14.3. The Morgan fingerprint density at radius 2 is 2.16 bits per heavy atom. The number of thioether (sulfide) groups is 1. The topological polar surface area (TPSA) is 61.7 Å². The highest BCUT2D eigenvalue weighted by Gasteiger charge is 2.52. The van der Waals surface area contributed by atoms with E-state index in [1.165, 1.54) is 37.4 Å². The first kappa shape index (κ1) is 13.4. The summed E-state index contributed by atoms with van der Waals surface area (Å²) in [5.74, 6) is 1.39. The highest BCUT2D eigenvalue weighted by molar-refractivity contribution is 8.16. The van der Waals surface area contributed by atoms with Crippen molar-refractivity contribution in [2.45, 2.75) is 62.8 Å². The van der Waals surface area contributed by atoms with Crippen LogP contribution in [0.2, 0.25) is 0 Å². The number of amidine groups is 1. The molecule has 0 saturated heterocycles. The highest BCUT2D eigenvalue weighted by atomic mass is 32.2. The summed E-state index contributed by atoms with van der Waals surface area (Å²) in [6.07, 6.45) is 5.20. The minimum Gasteiger partial charge on any atom is -0.388 e. The van der Waals surface area contributed by atoms with Gasteiger partial charge in [0.2, 0.25) is 0 Å².